The van der Waals surface area contributed by atoms with Crippen LogP contribution in [0.4, 0.5) is 5.69 Å². The summed E-state index contributed by atoms with van der Waals surface area (Å²) in [7, 11) is 0. The van der Waals surface area contributed by atoms with Crippen molar-refractivity contribution >= 4 is 33.5 Å². The van der Waals surface area contributed by atoms with Gasteiger partial charge in [0, 0.05) is 15.3 Å². The SMILES string of the molecule is CCc1cc2cc(NC=O)ccc2s1. The van der Waals surface area contributed by atoms with Crippen molar-refractivity contribution in [3.8, 4) is 0 Å². The molecule has 0 atom stereocenters. The molecule has 0 aliphatic rings. The van der Waals surface area contributed by atoms with Gasteiger partial charge in [-0.2, -0.15) is 0 Å². The maximum atomic E-state index is 10.3. The van der Waals surface area contributed by atoms with Gasteiger partial charge in [0.2, 0.25) is 6.41 Å². The third-order valence-corrected chi connectivity index (χ3v) is 3.40. The molecule has 0 aliphatic carbocycles. The molecular weight excluding hydrogens is 194 g/mol. The van der Waals surface area contributed by atoms with E-state index in [0.717, 1.165) is 12.1 Å². The topological polar surface area (TPSA) is 29.1 Å². The van der Waals surface area contributed by atoms with Crippen molar-refractivity contribution < 1.29 is 4.79 Å². The van der Waals surface area contributed by atoms with E-state index in [9.17, 15) is 4.79 Å². The molecule has 0 unspecified atom stereocenters. The minimum absolute atomic E-state index is 0.703. The van der Waals surface area contributed by atoms with E-state index in [4.69, 9.17) is 0 Å². The monoisotopic (exact) mass is 205 g/mol. The highest BCUT2D eigenvalue weighted by atomic mass is 32.1. The second-order valence-electron chi connectivity index (χ2n) is 3.08. The van der Waals surface area contributed by atoms with Crippen LogP contribution in [-0.4, -0.2) is 6.41 Å². The Morgan fingerprint density at radius 2 is 2.29 bits per heavy atom. The molecule has 3 heteroatoms. The molecule has 0 aliphatic heterocycles. The summed E-state index contributed by atoms with van der Waals surface area (Å²) < 4.78 is 1.28. The van der Waals surface area contributed by atoms with E-state index in [2.05, 4.69) is 18.3 Å². The molecule has 1 aromatic carbocycles. The number of fused-ring (bicyclic) bond motifs is 1. The standard InChI is InChI=1S/C11H11NOS/c1-2-10-6-8-5-9(12-7-13)3-4-11(8)14-10/h3-7H,2H2,1H3,(H,12,13). The van der Waals surface area contributed by atoms with E-state index >= 15 is 0 Å². The van der Waals surface area contributed by atoms with Gasteiger partial charge in [-0.1, -0.05) is 6.92 Å². The molecule has 2 rings (SSSR count). The number of hydrogen-bond acceptors (Lipinski definition) is 2. The maximum Gasteiger partial charge on any atom is 0.211 e. The summed E-state index contributed by atoms with van der Waals surface area (Å²) in [4.78, 5) is 11.6. The number of rotatable bonds is 3. The molecule has 1 aromatic heterocycles. The lowest BCUT2D eigenvalue weighted by Gasteiger charge is -1.96. The highest BCUT2D eigenvalue weighted by molar-refractivity contribution is 7.19. The van der Waals surface area contributed by atoms with E-state index < -0.39 is 0 Å². The Hall–Kier alpha value is -1.35. The second kappa shape index (κ2) is 3.80. The maximum absolute atomic E-state index is 10.3. The first-order valence-electron chi connectivity index (χ1n) is 4.56. The lowest BCUT2D eigenvalue weighted by molar-refractivity contribution is -0.105. The predicted molar refractivity (Wildman–Crippen MR) is 60.9 cm³/mol. The van der Waals surface area contributed by atoms with Crippen LogP contribution in [0.1, 0.15) is 11.8 Å². The van der Waals surface area contributed by atoms with Gasteiger partial charge in [-0.05, 0) is 36.1 Å². The molecule has 2 nitrogen and oxygen atoms in total. The Morgan fingerprint density at radius 1 is 1.43 bits per heavy atom. The molecule has 0 radical (unpaired) electrons. The van der Waals surface area contributed by atoms with Crippen molar-refractivity contribution in [3.63, 3.8) is 0 Å². The van der Waals surface area contributed by atoms with Crippen LogP contribution in [0.2, 0.25) is 0 Å². The van der Waals surface area contributed by atoms with Crippen LogP contribution in [0.5, 0.6) is 0 Å². The van der Waals surface area contributed by atoms with Crippen LogP contribution in [-0.2, 0) is 11.2 Å². The number of hydrogen-bond donors (Lipinski definition) is 1. The van der Waals surface area contributed by atoms with Crippen molar-refractivity contribution in [1.29, 1.82) is 0 Å². The predicted octanol–water partition coefficient (Wildman–Crippen LogP) is 3.03. The Kier molecular flexibility index (Phi) is 2.50. The van der Waals surface area contributed by atoms with Gasteiger partial charge in [0.25, 0.3) is 0 Å². The van der Waals surface area contributed by atoms with Crippen LogP contribution >= 0.6 is 11.3 Å². The summed E-state index contributed by atoms with van der Waals surface area (Å²) in [5.74, 6) is 0. The van der Waals surface area contributed by atoms with Crippen molar-refractivity contribution in [2.75, 3.05) is 5.32 Å². The number of carbonyl (C=O) groups is 1. The first-order valence-corrected chi connectivity index (χ1v) is 5.38. The lowest BCUT2D eigenvalue weighted by atomic mass is 10.2. The summed E-state index contributed by atoms with van der Waals surface area (Å²) in [5.41, 5.74) is 0.855. The third-order valence-electron chi connectivity index (χ3n) is 2.14. The number of aryl methyl sites for hydroxylation is 1. The fourth-order valence-electron chi connectivity index (χ4n) is 1.43. The minimum Gasteiger partial charge on any atom is -0.329 e. The number of amides is 1. The number of thiophene rings is 1. The van der Waals surface area contributed by atoms with Gasteiger partial charge in [-0.3, -0.25) is 4.79 Å². The van der Waals surface area contributed by atoms with Gasteiger partial charge < -0.3 is 5.32 Å². The molecule has 1 N–H and O–H groups in total. The van der Waals surface area contributed by atoms with E-state index in [1.165, 1.54) is 15.0 Å². The third kappa shape index (κ3) is 1.63. The van der Waals surface area contributed by atoms with Crippen LogP contribution in [0.25, 0.3) is 10.1 Å². The fourth-order valence-corrected chi connectivity index (χ4v) is 2.41. The summed E-state index contributed by atoms with van der Waals surface area (Å²) >= 11 is 1.81. The average molecular weight is 205 g/mol. The fraction of sp³-hybridized carbons (Fsp3) is 0.182. The molecule has 0 saturated heterocycles. The second-order valence-corrected chi connectivity index (χ2v) is 4.25. The van der Waals surface area contributed by atoms with Crippen LogP contribution in [0.15, 0.2) is 24.3 Å². The van der Waals surface area contributed by atoms with Gasteiger partial charge in [0.1, 0.15) is 0 Å². The Morgan fingerprint density at radius 3 is 3.00 bits per heavy atom. The first kappa shape index (κ1) is 9.21. The van der Waals surface area contributed by atoms with Gasteiger partial charge in [0.15, 0.2) is 0 Å². The smallest absolute Gasteiger partial charge is 0.211 e. The minimum atomic E-state index is 0.703. The highest BCUT2D eigenvalue weighted by Gasteiger charge is 2.00. The zero-order valence-electron chi connectivity index (χ0n) is 7.91. The number of carbonyl (C=O) groups excluding carboxylic acids is 1. The molecule has 0 spiro atoms. The molecule has 0 fully saturated rings. The van der Waals surface area contributed by atoms with Crippen molar-refractivity contribution in [1.82, 2.24) is 0 Å². The molecule has 1 amide bonds. The number of anilines is 1. The van der Waals surface area contributed by atoms with E-state index in [0.29, 0.717) is 6.41 Å². The molecule has 0 saturated carbocycles. The van der Waals surface area contributed by atoms with Crippen molar-refractivity contribution in [3.05, 3.63) is 29.1 Å². The lowest BCUT2D eigenvalue weighted by Crippen LogP contribution is -1.91. The van der Waals surface area contributed by atoms with E-state index in [-0.39, 0.29) is 0 Å². The molecule has 1 heterocycles. The number of nitrogens with one attached hydrogen (secondary N) is 1. The molecule has 72 valence electrons. The molecule has 2 aromatic rings. The average Bonchev–Trinajstić information content (AvgIpc) is 2.60. The largest absolute Gasteiger partial charge is 0.329 e. The normalized spacial score (nSPS) is 10.4. The van der Waals surface area contributed by atoms with E-state index in [1.54, 1.807) is 0 Å². The zero-order chi connectivity index (χ0) is 9.97. The summed E-state index contributed by atoms with van der Waals surface area (Å²) in [6.45, 7) is 2.15. The molecule has 0 bridgehead atoms. The van der Waals surface area contributed by atoms with Crippen molar-refractivity contribution in [2.45, 2.75) is 13.3 Å². The first-order chi connectivity index (χ1) is 6.83. The quantitative estimate of drug-likeness (QED) is 0.767. The van der Waals surface area contributed by atoms with Crippen LogP contribution in [0.3, 0.4) is 0 Å². The summed E-state index contributed by atoms with van der Waals surface area (Å²) in [6, 6.07) is 8.15. The van der Waals surface area contributed by atoms with E-state index in [1.807, 2.05) is 29.5 Å². The van der Waals surface area contributed by atoms with Gasteiger partial charge in [-0.15, -0.1) is 11.3 Å². The Bertz CT molecular complexity index is 461. The highest BCUT2D eigenvalue weighted by Crippen LogP contribution is 2.28. The zero-order valence-corrected chi connectivity index (χ0v) is 8.73. The van der Waals surface area contributed by atoms with Gasteiger partial charge in [0.05, 0.1) is 0 Å². The van der Waals surface area contributed by atoms with Gasteiger partial charge in [-0.25, -0.2) is 0 Å². The summed E-state index contributed by atoms with van der Waals surface area (Å²) in [5, 5.41) is 3.86. The molecular formula is C11H11NOS. The summed E-state index contributed by atoms with van der Waals surface area (Å²) in [6.07, 6.45) is 1.77. The Balaban J connectivity index is 2.48. The van der Waals surface area contributed by atoms with Crippen molar-refractivity contribution in [2.24, 2.45) is 0 Å². The Labute approximate surface area is 86.6 Å². The van der Waals surface area contributed by atoms with Crippen LogP contribution < -0.4 is 5.32 Å². The van der Waals surface area contributed by atoms with Gasteiger partial charge >= 0.3 is 0 Å². The van der Waals surface area contributed by atoms with Crippen LogP contribution in [0, 0.1) is 0 Å². The number of benzene rings is 1. The molecule has 14 heavy (non-hydrogen) atoms.